The molecule has 1 amide bonds. The predicted molar refractivity (Wildman–Crippen MR) is 86.2 cm³/mol. The number of benzene rings is 1. The van der Waals surface area contributed by atoms with E-state index in [0.29, 0.717) is 22.3 Å². The van der Waals surface area contributed by atoms with Crippen molar-refractivity contribution in [1.29, 1.82) is 0 Å². The molecule has 1 unspecified atom stereocenters. The first kappa shape index (κ1) is 15.9. The number of hydrogen-bond donors (Lipinski definition) is 1. The summed E-state index contributed by atoms with van der Waals surface area (Å²) in [6, 6.07) is 5.13. The minimum absolute atomic E-state index is 0.00706. The molecule has 0 spiro atoms. The predicted octanol–water partition coefficient (Wildman–Crippen LogP) is 3.24. The summed E-state index contributed by atoms with van der Waals surface area (Å²) in [6.07, 6.45) is -0.00706. The highest BCUT2D eigenvalue weighted by Gasteiger charge is 2.30. The molecule has 7 heteroatoms. The van der Waals surface area contributed by atoms with E-state index in [1.807, 2.05) is 12.1 Å². The Morgan fingerprint density at radius 2 is 2.15 bits per heavy atom. The van der Waals surface area contributed by atoms with E-state index in [1.54, 1.807) is 22.7 Å². The maximum atomic E-state index is 12.6. The maximum absolute atomic E-state index is 12.6. The Morgan fingerprint density at radius 1 is 1.40 bits per heavy atom. The number of carbonyl (C=O) groups is 2. The van der Waals surface area contributed by atoms with Gasteiger partial charge in [0.2, 0.25) is 0 Å². The van der Waals surface area contributed by atoms with Gasteiger partial charge in [-0.05, 0) is 34.1 Å². The molecule has 1 aromatic rings. The minimum Gasteiger partial charge on any atom is -0.481 e. The standard InChI is InChI=1S/C13H13Br2NO3S/c14-8-1-2-10(11(15)5-8)13(19)16-3-4-20-7-9(16)6-12(17)18/h1-2,5,9H,3-4,6-7H2,(H,17,18). The summed E-state index contributed by atoms with van der Waals surface area (Å²) in [6.45, 7) is 0.587. The zero-order chi connectivity index (χ0) is 14.7. The number of halogens is 2. The summed E-state index contributed by atoms with van der Waals surface area (Å²) >= 11 is 8.43. The van der Waals surface area contributed by atoms with Crippen molar-refractivity contribution in [2.75, 3.05) is 18.1 Å². The topological polar surface area (TPSA) is 57.6 Å². The van der Waals surface area contributed by atoms with Gasteiger partial charge in [0.05, 0.1) is 18.0 Å². The third-order valence-corrected chi connectivity index (χ3v) is 5.30. The zero-order valence-electron chi connectivity index (χ0n) is 10.5. The molecule has 1 aliphatic rings. The molecule has 0 aliphatic carbocycles. The Labute approximate surface area is 138 Å². The van der Waals surface area contributed by atoms with E-state index in [1.165, 1.54) is 0 Å². The molecule has 0 radical (unpaired) electrons. The molecule has 1 aliphatic heterocycles. The number of thioether (sulfide) groups is 1. The fourth-order valence-electron chi connectivity index (χ4n) is 2.11. The van der Waals surface area contributed by atoms with Crippen molar-refractivity contribution in [2.45, 2.75) is 12.5 Å². The number of carbonyl (C=O) groups excluding carboxylic acids is 1. The van der Waals surface area contributed by atoms with Gasteiger partial charge >= 0.3 is 5.97 Å². The third-order valence-electron chi connectivity index (χ3n) is 3.06. The summed E-state index contributed by atoms with van der Waals surface area (Å²) in [5.41, 5.74) is 0.565. The van der Waals surface area contributed by atoms with E-state index in [0.717, 1.165) is 10.2 Å². The molecule has 0 aromatic heterocycles. The van der Waals surface area contributed by atoms with Gasteiger partial charge < -0.3 is 10.0 Å². The maximum Gasteiger partial charge on any atom is 0.305 e. The molecule has 0 saturated carbocycles. The van der Waals surface area contributed by atoms with Crippen LogP contribution in [0.4, 0.5) is 0 Å². The Morgan fingerprint density at radius 3 is 2.80 bits per heavy atom. The molecule has 1 heterocycles. The molecule has 1 N–H and O–H groups in total. The van der Waals surface area contributed by atoms with E-state index in [9.17, 15) is 9.59 Å². The Hall–Kier alpha value is -0.530. The average molecular weight is 423 g/mol. The van der Waals surface area contributed by atoms with Crippen molar-refractivity contribution in [3.8, 4) is 0 Å². The van der Waals surface area contributed by atoms with Gasteiger partial charge in [-0.15, -0.1) is 0 Å². The first-order chi connectivity index (χ1) is 9.49. The number of nitrogens with zero attached hydrogens (tertiary/aromatic N) is 1. The van der Waals surface area contributed by atoms with E-state index in [2.05, 4.69) is 31.9 Å². The highest BCUT2D eigenvalue weighted by atomic mass is 79.9. The number of hydrogen-bond acceptors (Lipinski definition) is 3. The van der Waals surface area contributed by atoms with Gasteiger partial charge in [0.1, 0.15) is 0 Å². The summed E-state index contributed by atoms with van der Waals surface area (Å²) in [5, 5.41) is 8.96. The summed E-state index contributed by atoms with van der Waals surface area (Å²) < 4.78 is 1.60. The summed E-state index contributed by atoms with van der Waals surface area (Å²) in [5.74, 6) is 0.531. The molecule has 1 fully saturated rings. The molecule has 20 heavy (non-hydrogen) atoms. The molecule has 4 nitrogen and oxygen atoms in total. The molecule has 2 rings (SSSR count). The van der Waals surface area contributed by atoms with Gasteiger partial charge in [0.15, 0.2) is 0 Å². The summed E-state index contributed by atoms with van der Waals surface area (Å²) in [7, 11) is 0. The van der Waals surface area contributed by atoms with Crippen LogP contribution < -0.4 is 0 Å². The normalized spacial score (nSPS) is 18.9. The lowest BCUT2D eigenvalue weighted by molar-refractivity contribution is -0.138. The van der Waals surface area contributed by atoms with E-state index >= 15 is 0 Å². The molecule has 1 saturated heterocycles. The van der Waals surface area contributed by atoms with Gasteiger partial charge in [0.25, 0.3) is 5.91 Å². The Bertz CT molecular complexity index is 538. The van der Waals surface area contributed by atoms with Crippen LogP contribution >= 0.6 is 43.6 Å². The molecular weight excluding hydrogens is 410 g/mol. The Kier molecular flexibility index (Phi) is 5.51. The highest BCUT2D eigenvalue weighted by Crippen LogP contribution is 2.26. The van der Waals surface area contributed by atoms with Crippen molar-refractivity contribution in [3.63, 3.8) is 0 Å². The fraction of sp³-hybridized carbons (Fsp3) is 0.385. The average Bonchev–Trinajstić information content (AvgIpc) is 2.38. The molecule has 0 bridgehead atoms. The fourth-order valence-corrected chi connectivity index (χ4v) is 4.39. The SMILES string of the molecule is O=C(O)CC1CSCCN1C(=O)c1ccc(Br)cc1Br. The monoisotopic (exact) mass is 421 g/mol. The second-order valence-corrected chi connectivity index (χ2v) is 7.37. The van der Waals surface area contributed by atoms with Crippen molar-refractivity contribution >= 4 is 55.5 Å². The first-order valence-corrected chi connectivity index (χ1v) is 8.78. The third kappa shape index (κ3) is 3.77. The zero-order valence-corrected chi connectivity index (χ0v) is 14.5. The van der Waals surface area contributed by atoms with E-state index in [4.69, 9.17) is 5.11 Å². The van der Waals surface area contributed by atoms with E-state index < -0.39 is 5.97 Å². The quantitative estimate of drug-likeness (QED) is 0.812. The number of amides is 1. The minimum atomic E-state index is -0.870. The van der Waals surface area contributed by atoms with Gasteiger partial charge in [-0.25, -0.2) is 0 Å². The van der Waals surface area contributed by atoms with Gasteiger partial charge in [-0.3, -0.25) is 9.59 Å². The summed E-state index contributed by atoms with van der Waals surface area (Å²) in [4.78, 5) is 25.2. The molecular formula is C13H13Br2NO3S. The van der Waals surface area contributed by atoms with Crippen LogP contribution in [0.5, 0.6) is 0 Å². The first-order valence-electron chi connectivity index (χ1n) is 6.04. The van der Waals surface area contributed by atoms with Crippen molar-refractivity contribution in [2.24, 2.45) is 0 Å². The van der Waals surface area contributed by atoms with Crippen LogP contribution in [0.3, 0.4) is 0 Å². The van der Waals surface area contributed by atoms with Crippen LogP contribution in [0.2, 0.25) is 0 Å². The number of carboxylic acids is 1. The van der Waals surface area contributed by atoms with Crippen molar-refractivity contribution in [1.82, 2.24) is 4.90 Å². The lowest BCUT2D eigenvalue weighted by atomic mass is 10.1. The van der Waals surface area contributed by atoms with Crippen LogP contribution in [-0.4, -0.2) is 46.0 Å². The number of rotatable bonds is 3. The van der Waals surface area contributed by atoms with Crippen molar-refractivity contribution in [3.05, 3.63) is 32.7 Å². The lowest BCUT2D eigenvalue weighted by Crippen LogP contribution is -2.47. The second-order valence-electron chi connectivity index (χ2n) is 4.45. The van der Waals surface area contributed by atoms with Gasteiger partial charge in [-0.2, -0.15) is 11.8 Å². The van der Waals surface area contributed by atoms with Crippen LogP contribution in [0.1, 0.15) is 16.8 Å². The van der Waals surface area contributed by atoms with Crippen LogP contribution in [0.15, 0.2) is 27.1 Å². The van der Waals surface area contributed by atoms with Crippen molar-refractivity contribution < 1.29 is 14.7 Å². The largest absolute Gasteiger partial charge is 0.481 e. The van der Waals surface area contributed by atoms with Gasteiger partial charge in [-0.1, -0.05) is 15.9 Å². The van der Waals surface area contributed by atoms with Crippen LogP contribution in [0, 0.1) is 0 Å². The number of carboxylic acid groups (broad SMARTS) is 1. The van der Waals surface area contributed by atoms with Crippen LogP contribution in [0.25, 0.3) is 0 Å². The molecule has 1 atom stereocenters. The Balaban J connectivity index is 2.22. The highest BCUT2D eigenvalue weighted by molar-refractivity contribution is 9.11. The molecule has 1 aromatic carbocycles. The van der Waals surface area contributed by atoms with Gasteiger partial charge in [0, 0.05) is 27.0 Å². The number of aliphatic carboxylic acids is 1. The van der Waals surface area contributed by atoms with Crippen LogP contribution in [-0.2, 0) is 4.79 Å². The molecule has 108 valence electrons. The lowest BCUT2D eigenvalue weighted by Gasteiger charge is -2.34. The van der Waals surface area contributed by atoms with E-state index in [-0.39, 0.29) is 18.4 Å². The second kappa shape index (κ2) is 6.95. The smallest absolute Gasteiger partial charge is 0.305 e.